The Morgan fingerprint density at radius 2 is 1.87 bits per heavy atom. The molecule has 1 aromatic heterocycles. The van der Waals surface area contributed by atoms with E-state index in [1.807, 2.05) is 6.92 Å². The number of hydrogen-bond acceptors (Lipinski definition) is 5. The summed E-state index contributed by atoms with van der Waals surface area (Å²) in [5, 5.41) is 4.30. The van der Waals surface area contributed by atoms with E-state index in [4.69, 9.17) is 0 Å². The summed E-state index contributed by atoms with van der Waals surface area (Å²) in [4.78, 5) is 51.8. The fraction of sp³-hybridized carbons (Fsp3) is 0.364. The number of ketones is 2. The number of hydrogen-bond donors (Lipinski definition) is 1. The van der Waals surface area contributed by atoms with E-state index < -0.39 is 35.2 Å². The van der Waals surface area contributed by atoms with Crippen molar-refractivity contribution in [3.63, 3.8) is 0 Å². The fourth-order valence-corrected chi connectivity index (χ4v) is 3.62. The number of nitrogens with zero attached hydrogens (tertiary/aromatic N) is 1. The lowest BCUT2D eigenvalue weighted by Gasteiger charge is -2.29. The molecule has 0 fully saturated rings. The Hall–Kier alpha value is -2.87. The first-order valence-electron chi connectivity index (χ1n) is 9.77. The van der Waals surface area contributed by atoms with Gasteiger partial charge in [-0.25, -0.2) is 4.39 Å². The first-order valence-corrected chi connectivity index (χ1v) is 10.6. The number of benzene rings is 1. The smallest absolute Gasteiger partial charge is 0.296 e. The second-order valence-corrected chi connectivity index (χ2v) is 7.75. The highest BCUT2D eigenvalue weighted by Gasteiger charge is 2.36. The van der Waals surface area contributed by atoms with Crippen LogP contribution in [-0.2, 0) is 20.8 Å². The fourth-order valence-electron chi connectivity index (χ4n) is 2.96. The molecule has 1 N–H and O–H groups in total. The van der Waals surface area contributed by atoms with Crippen LogP contribution in [0, 0.1) is 5.82 Å². The Morgan fingerprint density at radius 1 is 1.13 bits per heavy atom. The van der Waals surface area contributed by atoms with Crippen LogP contribution in [-0.4, -0.2) is 47.4 Å². The van der Waals surface area contributed by atoms with E-state index in [1.165, 1.54) is 19.1 Å². The average Bonchev–Trinajstić information content (AvgIpc) is 3.25. The van der Waals surface area contributed by atoms with E-state index in [-0.39, 0.29) is 17.8 Å². The molecule has 0 bridgehead atoms. The number of rotatable bonds is 11. The highest BCUT2D eigenvalue weighted by molar-refractivity contribution is 7.13. The lowest BCUT2D eigenvalue weighted by atomic mass is 10.1. The molecular formula is C22H25FN2O4S. The molecule has 2 rings (SSSR count). The Kier molecular flexibility index (Phi) is 8.86. The zero-order valence-corrected chi connectivity index (χ0v) is 17.8. The molecule has 30 heavy (non-hydrogen) atoms. The van der Waals surface area contributed by atoms with Gasteiger partial charge in [-0.1, -0.05) is 37.6 Å². The summed E-state index contributed by atoms with van der Waals surface area (Å²) in [6, 6.07) is 7.73. The number of carbonyl (C=O) groups excluding carboxylic acids is 4. The Balaban J connectivity index is 2.30. The van der Waals surface area contributed by atoms with Crippen molar-refractivity contribution in [3.8, 4) is 0 Å². The average molecular weight is 433 g/mol. The van der Waals surface area contributed by atoms with Gasteiger partial charge in [-0.15, -0.1) is 11.3 Å². The molecule has 2 amide bonds. The molecule has 6 nitrogen and oxygen atoms in total. The first-order chi connectivity index (χ1) is 14.4. The molecule has 0 radical (unpaired) electrons. The Morgan fingerprint density at radius 3 is 2.47 bits per heavy atom. The molecule has 0 aliphatic carbocycles. The first kappa shape index (κ1) is 23.4. The second-order valence-electron chi connectivity index (χ2n) is 6.80. The van der Waals surface area contributed by atoms with Crippen molar-refractivity contribution in [2.75, 3.05) is 13.1 Å². The minimum atomic E-state index is -1.45. The maximum atomic E-state index is 14.0. The maximum absolute atomic E-state index is 14.0. The number of unbranched alkanes of at least 4 members (excludes halogenated alkanes) is 1. The van der Waals surface area contributed by atoms with Crippen LogP contribution in [0.5, 0.6) is 0 Å². The third-order valence-corrected chi connectivity index (χ3v) is 5.42. The molecule has 160 valence electrons. The van der Waals surface area contributed by atoms with E-state index >= 15 is 0 Å². The molecule has 1 heterocycles. The van der Waals surface area contributed by atoms with Gasteiger partial charge in [0.1, 0.15) is 5.82 Å². The molecule has 8 heteroatoms. The number of halogens is 1. The van der Waals surface area contributed by atoms with Gasteiger partial charge in [-0.3, -0.25) is 19.2 Å². The number of Topliss-reactive ketones (excluding diaryl/α,β-unsaturated/α-hetero) is 2. The quantitative estimate of drug-likeness (QED) is 0.256. The third-order valence-electron chi connectivity index (χ3n) is 4.55. The van der Waals surface area contributed by atoms with Gasteiger partial charge in [0.2, 0.25) is 0 Å². The normalized spacial score (nSPS) is 11.6. The van der Waals surface area contributed by atoms with Gasteiger partial charge in [0.05, 0.1) is 4.88 Å². The summed E-state index contributed by atoms with van der Waals surface area (Å²) in [6.45, 7) is 3.36. The van der Waals surface area contributed by atoms with Crippen molar-refractivity contribution in [2.45, 2.75) is 39.2 Å². The molecule has 1 unspecified atom stereocenters. The predicted octanol–water partition coefficient (Wildman–Crippen LogP) is 3.02. The van der Waals surface area contributed by atoms with Crippen LogP contribution in [0.15, 0.2) is 41.8 Å². The van der Waals surface area contributed by atoms with Crippen LogP contribution in [0.4, 0.5) is 4.39 Å². The highest BCUT2D eigenvalue weighted by atomic mass is 32.1. The molecule has 0 aliphatic heterocycles. The van der Waals surface area contributed by atoms with Crippen molar-refractivity contribution in [2.24, 2.45) is 0 Å². The number of thiophene rings is 1. The topological polar surface area (TPSA) is 83.6 Å². The van der Waals surface area contributed by atoms with Crippen molar-refractivity contribution in [1.29, 1.82) is 0 Å². The van der Waals surface area contributed by atoms with Crippen molar-refractivity contribution >= 4 is 34.7 Å². The largest absolute Gasteiger partial charge is 0.354 e. The number of amides is 2. The lowest BCUT2D eigenvalue weighted by molar-refractivity contribution is -0.143. The van der Waals surface area contributed by atoms with Gasteiger partial charge in [-0.05, 0) is 42.8 Å². The van der Waals surface area contributed by atoms with E-state index in [2.05, 4.69) is 5.32 Å². The number of carbonyl (C=O) groups is 4. The summed E-state index contributed by atoms with van der Waals surface area (Å²) >= 11 is 1.10. The van der Waals surface area contributed by atoms with Crippen LogP contribution in [0.1, 0.15) is 41.9 Å². The summed E-state index contributed by atoms with van der Waals surface area (Å²) in [5.74, 6) is -3.42. The third kappa shape index (κ3) is 6.06. The van der Waals surface area contributed by atoms with Crippen molar-refractivity contribution in [3.05, 3.63) is 58.0 Å². The van der Waals surface area contributed by atoms with Crippen LogP contribution < -0.4 is 5.32 Å². The van der Waals surface area contributed by atoms with Gasteiger partial charge in [0.25, 0.3) is 17.6 Å². The Labute approximate surface area is 179 Å². The van der Waals surface area contributed by atoms with E-state index in [0.717, 1.165) is 22.7 Å². The van der Waals surface area contributed by atoms with Crippen molar-refractivity contribution in [1.82, 2.24) is 10.2 Å². The van der Waals surface area contributed by atoms with E-state index in [1.54, 1.807) is 29.6 Å². The molecule has 0 saturated heterocycles. The van der Waals surface area contributed by atoms with Crippen LogP contribution in [0.25, 0.3) is 0 Å². The van der Waals surface area contributed by atoms with Crippen LogP contribution in [0.3, 0.4) is 0 Å². The van der Waals surface area contributed by atoms with Gasteiger partial charge in [0.15, 0.2) is 11.8 Å². The SMILES string of the molecule is CCCCNC(=O)C(C(C)=O)N(CCc1ccccc1F)C(=O)C(=O)c1cccs1. The zero-order chi connectivity index (χ0) is 22.1. The summed E-state index contributed by atoms with van der Waals surface area (Å²) in [6.07, 6.45) is 1.62. The summed E-state index contributed by atoms with van der Waals surface area (Å²) in [7, 11) is 0. The highest BCUT2D eigenvalue weighted by Crippen LogP contribution is 2.15. The monoisotopic (exact) mass is 432 g/mol. The molecule has 0 aliphatic rings. The van der Waals surface area contributed by atoms with Gasteiger partial charge in [0, 0.05) is 13.1 Å². The molecule has 0 spiro atoms. The van der Waals surface area contributed by atoms with E-state index in [0.29, 0.717) is 18.5 Å². The van der Waals surface area contributed by atoms with Crippen molar-refractivity contribution < 1.29 is 23.6 Å². The Bertz CT molecular complexity index is 898. The predicted molar refractivity (Wildman–Crippen MR) is 113 cm³/mol. The summed E-state index contributed by atoms with van der Waals surface area (Å²) in [5.41, 5.74) is 0.326. The standard InChI is InChI=1S/C22H25FN2O4S/c1-3-4-12-24-21(28)19(15(2)26)25(13-11-16-8-5-6-9-17(16)23)22(29)20(27)18-10-7-14-30-18/h5-10,14,19H,3-4,11-13H2,1-2H3,(H,24,28). The van der Waals surface area contributed by atoms with Crippen LogP contribution in [0.2, 0.25) is 0 Å². The second kappa shape index (κ2) is 11.3. The van der Waals surface area contributed by atoms with E-state index in [9.17, 15) is 23.6 Å². The van der Waals surface area contributed by atoms with Gasteiger partial charge in [-0.2, -0.15) is 0 Å². The van der Waals surface area contributed by atoms with Gasteiger partial charge < -0.3 is 10.2 Å². The molecule has 2 aromatic rings. The molecule has 1 aromatic carbocycles. The molecular weight excluding hydrogens is 407 g/mol. The molecule has 1 atom stereocenters. The number of nitrogens with one attached hydrogen (secondary N) is 1. The van der Waals surface area contributed by atoms with Gasteiger partial charge >= 0.3 is 0 Å². The lowest BCUT2D eigenvalue weighted by Crippen LogP contribution is -2.55. The molecule has 0 saturated carbocycles. The summed E-state index contributed by atoms with van der Waals surface area (Å²) < 4.78 is 14.0. The maximum Gasteiger partial charge on any atom is 0.296 e. The minimum Gasteiger partial charge on any atom is -0.354 e. The van der Waals surface area contributed by atoms with Crippen LogP contribution >= 0.6 is 11.3 Å². The zero-order valence-electron chi connectivity index (χ0n) is 17.0. The minimum absolute atomic E-state index is 0.0577.